The van der Waals surface area contributed by atoms with Crippen LogP contribution in [0.25, 0.3) is 11.0 Å². The van der Waals surface area contributed by atoms with E-state index in [9.17, 15) is 19.7 Å². The number of carbonyl (C=O) groups is 1. The number of hydrogen-bond acceptors (Lipinski definition) is 9. The molecule has 4 aromatic rings. The van der Waals surface area contributed by atoms with Gasteiger partial charge in [-0.05, 0) is 80.5 Å². The molecule has 2 atom stereocenters. The second kappa shape index (κ2) is 11.6. The van der Waals surface area contributed by atoms with Crippen LogP contribution in [0.2, 0.25) is 0 Å². The molecule has 0 amide bonds. The molecule has 11 nitrogen and oxygen atoms in total. The van der Waals surface area contributed by atoms with Gasteiger partial charge in [0, 0.05) is 44.1 Å². The molecule has 2 N–H and O–H groups in total. The fourth-order valence-electron chi connectivity index (χ4n) is 7.01. The van der Waals surface area contributed by atoms with Crippen molar-refractivity contribution in [3.05, 3.63) is 76.5 Å². The topological polar surface area (TPSA) is 140 Å². The predicted octanol–water partition coefficient (Wildman–Crippen LogP) is 5.16. The molecule has 0 bridgehead atoms. The van der Waals surface area contributed by atoms with Crippen LogP contribution < -0.4 is 4.74 Å². The summed E-state index contributed by atoms with van der Waals surface area (Å²) in [4.78, 5) is 17.8. The van der Waals surface area contributed by atoms with Crippen molar-refractivity contribution in [2.75, 3.05) is 19.6 Å². The van der Waals surface area contributed by atoms with Gasteiger partial charge in [0.1, 0.15) is 11.1 Å². The third kappa shape index (κ3) is 5.45. The number of aromatic nitrogens is 4. The average molecular weight is 645 g/mol. The van der Waals surface area contributed by atoms with Gasteiger partial charge in [0.05, 0.1) is 41.4 Å². The van der Waals surface area contributed by atoms with E-state index in [1.54, 1.807) is 32.2 Å². The normalized spacial score (nSPS) is 21.1. The Hall–Kier alpha value is -3.55. The van der Waals surface area contributed by atoms with Gasteiger partial charge in [-0.25, -0.2) is 9.67 Å². The Morgan fingerprint density at radius 2 is 1.93 bits per heavy atom. The monoisotopic (exact) mass is 644 g/mol. The number of fused-ring (bicyclic) bond motifs is 2. The van der Waals surface area contributed by atoms with Gasteiger partial charge in [0.25, 0.3) is 5.88 Å². The lowest BCUT2D eigenvalue weighted by atomic mass is 9.69. The molecular weight excluding hydrogens is 604 g/mol. The summed E-state index contributed by atoms with van der Waals surface area (Å²) in [7, 11) is 0. The summed E-state index contributed by atoms with van der Waals surface area (Å²) in [5.74, 6) is -1.01. The van der Waals surface area contributed by atoms with Crippen LogP contribution in [0.1, 0.15) is 79.3 Å². The number of aryl methyl sites for hydroxylation is 2. The molecular formula is C34H40N6O5S. The van der Waals surface area contributed by atoms with E-state index in [2.05, 4.69) is 21.4 Å². The first kappa shape index (κ1) is 31.1. The first-order valence-corrected chi connectivity index (χ1v) is 17.0. The molecule has 12 heteroatoms. The molecule has 2 aliphatic heterocycles. The highest BCUT2D eigenvalue weighted by Crippen LogP contribution is 2.45. The van der Waals surface area contributed by atoms with Crippen molar-refractivity contribution in [3.8, 4) is 5.88 Å². The number of benzene rings is 2. The second-order valence-electron chi connectivity index (χ2n) is 13.7. The maximum Gasteiger partial charge on any atom is 0.310 e. The number of hydrogen-bond donors (Lipinski definition) is 2. The Morgan fingerprint density at radius 3 is 2.65 bits per heavy atom. The van der Waals surface area contributed by atoms with Crippen LogP contribution in [0, 0.1) is 19.3 Å². The van der Waals surface area contributed by atoms with E-state index in [1.165, 1.54) is 5.06 Å². The maximum atomic E-state index is 14.1. The number of hydroxylamine groups is 2. The summed E-state index contributed by atoms with van der Waals surface area (Å²) in [5, 5.41) is 30.9. The van der Waals surface area contributed by atoms with E-state index in [-0.39, 0.29) is 0 Å². The van der Waals surface area contributed by atoms with Crippen molar-refractivity contribution in [3.63, 3.8) is 0 Å². The van der Waals surface area contributed by atoms with Crippen LogP contribution in [-0.4, -0.2) is 75.4 Å². The molecule has 1 unspecified atom stereocenters. The molecule has 3 aliphatic rings. The van der Waals surface area contributed by atoms with Gasteiger partial charge in [0.2, 0.25) is 4.90 Å². The van der Waals surface area contributed by atoms with Gasteiger partial charge in [-0.3, -0.25) is 4.79 Å². The summed E-state index contributed by atoms with van der Waals surface area (Å²) in [6.45, 7) is 9.22. The van der Waals surface area contributed by atoms with E-state index in [4.69, 9.17) is 4.74 Å². The molecule has 1 saturated carbocycles. The highest BCUT2D eigenvalue weighted by molar-refractivity contribution is 7.89. The standard InChI is InChI=1S/C34H40N6O5S/c1-21-7-8-23(29(33(3,4)32(41)42)26-11-12-27-30(22(26)2)36-37-40(27)25-9-10-25)18-24(21)19-39-20-34(13-16-38(43)17-14-34)45-31-28(46(39)44)6-5-15-35-31/h5-8,11-12,15,18,25,29,43H,9-10,13-14,16-17,19-20H2,1-4H3,(H,41,42)/t29-,46?/m0/s1. The summed E-state index contributed by atoms with van der Waals surface area (Å²) >= 11 is -1.55. The van der Waals surface area contributed by atoms with Crippen molar-refractivity contribution in [2.45, 2.75) is 82.4 Å². The Labute approximate surface area is 271 Å². The molecule has 1 spiro atoms. The average Bonchev–Trinajstić information content (AvgIpc) is 3.80. The minimum Gasteiger partial charge on any atom is -0.593 e. The lowest BCUT2D eigenvalue weighted by Gasteiger charge is -2.39. The largest absolute Gasteiger partial charge is 0.593 e. The molecule has 4 heterocycles. The van der Waals surface area contributed by atoms with E-state index in [0.717, 1.165) is 51.7 Å². The zero-order chi connectivity index (χ0) is 32.4. The number of nitrogens with zero attached hydrogens (tertiary/aromatic N) is 6. The molecule has 2 aromatic heterocycles. The Balaban J connectivity index is 1.28. The number of carboxylic acids is 1. The van der Waals surface area contributed by atoms with Crippen molar-refractivity contribution in [1.82, 2.24) is 29.3 Å². The molecule has 46 heavy (non-hydrogen) atoms. The summed E-state index contributed by atoms with van der Waals surface area (Å²) in [6, 6.07) is 14.1. The lowest BCUT2D eigenvalue weighted by molar-refractivity contribution is -0.147. The highest BCUT2D eigenvalue weighted by Gasteiger charge is 2.47. The van der Waals surface area contributed by atoms with Crippen LogP contribution in [0.15, 0.2) is 53.6 Å². The number of ether oxygens (including phenoxy) is 1. The van der Waals surface area contributed by atoms with E-state index in [0.29, 0.717) is 55.8 Å². The SMILES string of the molecule is Cc1ccc([C@@H](c2ccc3c(nnn3C3CC3)c2C)C(C)(C)C(=O)O)cc1CN1CC2(CCN(O)CC2)Oc2ncccc2[S+]1[O-]. The molecule has 2 fully saturated rings. The molecule has 2 aromatic carbocycles. The minimum absolute atomic E-state index is 0.364. The van der Waals surface area contributed by atoms with Crippen LogP contribution in [-0.2, 0) is 22.7 Å². The Bertz CT molecular complexity index is 1800. The Morgan fingerprint density at radius 1 is 1.17 bits per heavy atom. The van der Waals surface area contributed by atoms with Crippen LogP contribution in [0.4, 0.5) is 0 Å². The van der Waals surface area contributed by atoms with Crippen molar-refractivity contribution in [2.24, 2.45) is 5.41 Å². The molecule has 1 saturated heterocycles. The molecule has 7 rings (SSSR count). The summed E-state index contributed by atoms with van der Waals surface area (Å²) in [6.07, 6.45) is 4.96. The zero-order valence-corrected chi connectivity index (χ0v) is 27.5. The van der Waals surface area contributed by atoms with Gasteiger partial charge < -0.3 is 19.6 Å². The van der Waals surface area contributed by atoms with Crippen LogP contribution in [0.3, 0.4) is 0 Å². The number of carboxylic acid groups (broad SMARTS) is 1. The number of pyridine rings is 1. The quantitative estimate of drug-likeness (QED) is 0.259. The van der Waals surface area contributed by atoms with E-state index < -0.39 is 34.3 Å². The maximum absolute atomic E-state index is 14.1. The summed E-state index contributed by atoms with van der Waals surface area (Å²) < 4.78 is 24.5. The number of rotatable bonds is 7. The first-order valence-electron chi connectivity index (χ1n) is 15.9. The third-order valence-electron chi connectivity index (χ3n) is 10.1. The molecule has 242 valence electrons. The number of piperidine rings is 1. The highest BCUT2D eigenvalue weighted by atomic mass is 32.2. The Kier molecular flexibility index (Phi) is 7.84. The molecule has 1 aliphatic carbocycles. The lowest BCUT2D eigenvalue weighted by Crippen LogP contribution is -2.53. The van der Waals surface area contributed by atoms with E-state index in [1.807, 2.05) is 47.1 Å². The van der Waals surface area contributed by atoms with Gasteiger partial charge in [-0.15, -0.1) is 9.40 Å². The van der Waals surface area contributed by atoms with Crippen LogP contribution >= 0.6 is 0 Å². The smallest absolute Gasteiger partial charge is 0.310 e. The van der Waals surface area contributed by atoms with Gasteiger partial charge in [0.15, 0.2) is 0 Å². The first-order chi connectivity index (χ1) is 22.0. The van der Waals surface area contributed by atoms with Crippen molar-refractivity contribution >= 4 is 28.4 Å². The second-order valence-corrected chi connectivity index (χ2v) is 15.1. The fourth-order valence-corrected chi connectivity index (χ4v) is 8.34. The van der Waals surface area contributed by atoms with Crippen molar-refractivity contribution in [1.29, 1.82) is 0 Å². The fraction of sp³-hybridized carbons (Fsp3) is 0.471. The van der Waals surface area contributed by atoms with E-state index >= 15 is 0 Å². The van der Waals surface area contributed by atoms with Gasteiger partial charge in [-0.1, -0.05) is 29.5 Å². The van der Waals surface area contributed by atoms with Crippen LogP contribution in [0.5, 0.6) is 5.88 Å². The zero-order valence-electron chi connectivity index (χ0n) is 26.6. The summed E-state index contributed by atoms with van der Waals surface area (Å²) in [5.41, 5.74) is 4.64. The number of aliphatic carboxylic acids is 1. The van der Waals surface area contributed by atoms with Crippen molar-refractivity contribution < 1.29 is 24.4 Å². The predicted molar refractivity (Wildman–Crippen MR) is 172 cm³/mol. The van der Waals surface area contributed by atoms with Gasteiger partial charge in [-0.2, -0.15) is 5.06 Å². The minimum atomic E-state index is -1.55. The third-order valence-corrected chi connectivity index (χ3v) is 11.5. The van der Waals surface area contributed by atoms with Gasteiger partial charge >= 0.3 is 5.97 Å². The molecule has 0 radical (unpaired) electrons.